The summed E-state index contributed by atoms with van der Waals surface area (Å²) in [5.41, 5.74) is 6.89. The van der Waals surface area contributed by atoms with E-state index in [0.717, 1.165) is 0 Å². The Morgan fingerprint density at radius 1 is 1.32 bits per heavy atom. The van der Waals surface area contributed by atoms with Crippen molar-refractivity contribution in [2.45, 2.75) is 70.8 Å². The standard InChI is InChI=1S/C17H28N6O4P/c1-10(2)23(11(3)4)9-26-28(25)17(24)12-5-6-13(27-12)22-8-21-14-15(18)19-7-20-16(14)22/h7-8,10-13,17,24H,5-6,9H2,1-4H3,(H2,18,19,20)/q+1/t12-,13+,17?/m0/s1. The molecule has 0 aliphatic carbocycles. The molecule has 0 aromatic carbocycles. The van der Waals surface area contributed by atoms with Crippen LogP contribution in [0.25, 0.3) is 11.2 Å². The number of ether oxygens (including phenoxy) is 1. The van der Waals surface area contributed by atoms with Crippen LogP contribution in [0.2, 0.25) is 0 Å². The molecule has 1 saturated heterocycles. The fourth-order valence-corrected chi connectivity index (χ4v) is 4.27. The van der Waals surface area contributed by atoms with Crippen molar-refractivity contribution < 1.29 is 18.9 Å². The Bertz CT molecular complexity index is 821. The van der Waals surface area contributed by atoms with E-state index >= 15 is 0 Å². The highest BCUT2D eigenvalue weighted by atomic mass is 31.1. The molecule has 0 saturated carbocycles. The summed E-state index contributed by atoms with van der Waals surface area (Å²) in [6.45, 7) is 8.37. The van der Waals surface area contributed by atoms with E-state index < -0.39 is 20.0 Å². The molecule has 154 valence electrons. The highest BCUT2D eigenvalue weighted by Crippen LogP contribution is 2.40. The summed E-state index contributed by atoms with van der Waals surface area (Å²) in [6, 6.07) is 0.494. The minimum Gasteiger partial charge on any atom is -0.382 e. The van der Waals surface area contributed by atoms with Crippen molar-refractivity contribution in [3.8, 4) is 0 Å². The molecule has 1 aliphatic rings. The number of nitrogen functional groups attached to an aromatic ring is 1. The van der Waals surface area contributed by atoms with Crippen LogP contribution < -0.4 is 5.73 Å². The number of imidazole rings is 1. The minimum absolute atomic E-state index is 0.195. The first-order chi connectivity index (χ1) is 13.3. The summed E-state index contributed by atoms with van der Waals surface area (Å²) in [4.78, 5) is 14.4. The Morgan fingerprint density at radius 2 is 2.04 bits per heavy atom. The van der Waals surface area contributed by atoms with Crippen LogP contribution in [0.4, 0.5) is 5.82 Å². The van der Waals surface area contributed by atoms with Crippen molar-refractivity contribution in [2.24, 2.45) is 0 Å². The summed E-state index contributed by atoms with van der Waals surface area (Å²) in [5.74, 6) is -0.898. The number of nitrogens with two attached hydrogens (primary N) is 1. The molecule has 2 aromatic rings. The largest absolute Gasteiger partial charge is 0.544 e. The lowest BCUT2D eigenvalue weighted by molar-refractivity contribution is -0.0375. The molecule has 11 heteroatoms. The number of hydrogen-bond acceptors (Lipinski definition) is 9. The van der Waals surface area contributed by atoms with E-state index in [-0.39, 0.29) is 25.0 Å². The fourth-order valence-electron chi connectivity index (χ4n) is 3.38. The molecule has 2 aromatic heterocycles. The van der Waals surface area contributed by atoms with Crippen LogP contribution in [-0.4, -0.2) is 60.3 Å². The van der Waals surface area contributed by atoms with Crippen LogP contribution in [-0.2, 0) is 13.8 Å². The van der Waals surface area contributed by atoms with Crippen molar-refractivity contribution in [3.05, 3.63) is 12.7 Å². The van der Waals surface area contributed by atoms with Crippen molar-refractivity contribution in [1.29, 1.82) is 0 Å². The van der Waals surface area contributed by atoms with Gasteiger partial charge in [0.1, 0.15) is 24.2 Å². The monoisotopic (exact) mass is 411 g/mol. The quantitative estimate of drug-likeness (QED) is 0.496. The first kappa shape index (κ1) is 21.0. The van der Waals surface area contributed by atoms with E-state index in [1.165, 1.54) is 6.33 Å². The van der Waals surface area contributed by atoms with Gasteiger partial charge in [-0.2, -0.15) is 0 Å². The Kier molecular flexibility index (Phi) is 6.57. The van der Waals surface area contributed by atoms with Gasteiger partial charge in [0.2, 0.25) is 0 Å². The van der Waals surface area contributed by atoms with Crippen LogP contribution in [0.5, 0.6) is 0 Å². The van der Waals surface area contributed by atoms with Crippen molar-refractivity contribution >= 4 is 25.0 Å². The van der Waals surface area contributed by atoms with E-state index in [1.54, 1.807) is 10.9 Å². The maximum absolute atomic E-state index is 12.4. The molecule has 3 heterocycles. The van der Waals surface area contributed by atoms with Crippen molar-refractivity contribution in [1.82, 2.24) is 24.4 Å². The molecule has 0 amide bonds. The zero-order valence-corrected chi connectivity index (χ0v) is 17.5. The number of anilines is 1. The van der Waals surface area contributed by atoms with E-state index in [4.69, 9.17) is 15.0 Å². The molecule has 0 radical (unpaired) electrons. The van der Waals surface area contributed by atoms with Gasteiger partial charge in [0.05, 0.1) is 6.33 Å². The fraction of sp³-hybridized carbons (Fsp3) is 0.706. The lowest BCUT2D eigenvalue weighted by Gasteiger charge is -2.27. The maximum Gasteiger partial charge on any atom is 0.544 e. The van der Waals surface area contributed by atoms with Gasteiger partial charge in [0.25, 0.3) is 0 Å². The molecule has 0 spiro atoms. The topological polar surface area (TPSA) is 129 Å². The molecule has 2 unspecified atom stereocenters. The molecule has 1 fully saturated rings. The van der Waals surface area contributed by atoms with Crippen molar-refractivity contribution in [2.75, 3.05) is 12.5 Å². The molecule has 28 heavy (non-hydrogen) atoms. The van der Waals surface area contributed by atoms with Crippen LogP contribution in [0, 0.1) is 0 Å². The predicted octanol–water partition coefficient (Wildman–Crippen LogP) is 2.24. The summed E-state index contributed by atoms with van der Waals surface area (Å²) in [7, 11) is -2.28. The normalized spacial score (nSPS) is 21.9. The second-order valence-corrected chi connectivity index (χ2v) is 8.81. The molecule has 4 atom stereocenters. The second-order valence-electron chi connectivity index (χ2n) is 7.45. The van der Waals surface area contributed by atoms with Gasteiger partial charge >= 0.3 is 13.9 Å². The summed E-state index contributed by atoms with van der Waals surface area (Å²) < 4.78 is 25.6. The van der Waals surface area contributed by atoms with Crippen LogP contribution in [0.1, 0.15) is 46.8 Å². The number of aromatic nitrogens is 4. The lowest BCUT2D eigenvalue weighted by Crippen LogP contribution is -2.38. The molecule has 0 bridgehead atoms. The number of nitrogens with zero attached hydrogens (tertiary/aromatic N) is 5. The first-order valence-electron chi connectivity index (χ1n) is 9.41. The second kappa shape index (κ2) is 8.75. The third-order valence-corrected chi connectivity index (χ3v) is 6.07. The van der Waals surface area contributed by atoms with E-state index in [9.17, 15) is 9.67 Å². The van der Waals surface area contributed by atoms with Gasteiger partial charge < -0.3 is 15.6 Å². The lowest BCUT2D eigenvalue weighted by atomic mass is 10.2. The Balaban J connectivity index is 1.61. The molecule has 10 nitrogen and oxygen atoms in total. The Labute approximate surface area is 164 Å². The number of hydrogen-bond donors (Lipinski definition) is 2. The molecular formula is C17H28N6O4P+. The van der Waals surface area contributed by atoms with Crippen LogP contribution >= 0.6 is 8.03 Å². The van der Waals surface area contributed by atoms with Gasteiger partial charge in [0, 0.05) is 12.1 Å². The molecule has 3 N–H and O–H groups in total. The maximum atomic E-state index is 12.4. The predicted molar refractivity (Wildman–Crippen MR) is 105 cm³/mol. The summed E-state index contributed by atoms with van der Waals surface area (Å²) in [6.07, 6.45) is 3.19. The number of rotatable bonds is 8. The van der Waals surface area contributed by atoms with Gasteiger partial charge in [-0.1, -0.05) is 0 Å². The zero-order valence-electron chi connectivity index (χ0n) is 16.6. The number of fused-ring (bicyclic) bond motifs is 1. The Hall–Kier alpha value is -1.71. The Morgan fingerprint density at radius 3 is 2.71 bits per heavy atom. The van der Waals surface area contributed by atoms with Gasteiger partial charge in [-0.15, -0.1) is 4.52 Å². The molecule has 3 rings (SSSR count). The highest BCUT2D eigenvalue weighted by molar-refractivity contribution is 7.39. The van der Waals surface area contributed by atoms with Crippen LogP contribution in [0.3, 0.4) is 0 Å². The third kappa shape index (κ3) is 4.31. The van der Waals surface area contributed by atoms with Gasteiger partial charge in [-0.25, -0.2) is 15.0 Å². The SMILES string of the molecule is CC(C)N(CO[P+](=O)C(O)[C@@H]1CC[C@H](n2cnc3c(N)ncnc32)O1)C(C)C. The zero-order chi connectivity index (χ0) is 20.4. The van der Waals surface area contributed by atoms with E-state index in [1.807, 2.05) is 27.7 Å². The van der Waals surface area contributed by atoms with Gasteiger partial charge in [-0.05, 0) is 45.1 Å². The highest BCUT2D eigenvalue weighted by Gasteiger charge is 2.44. The third-order valence-electron chi connectivity index (χ3n) is 4.94. The van der Waals surface area contributed by atoms with Crippen LogP contribution in [0.15, 0.2) is 12.7 Å². The first-order valence-corrected chi connectivity index (χ1v) is 10.7. The summed E-state index contributed by atoms with van der Waals surface area (Å²) in [5, 5.41) is 10.5. The van der Waals surface area contributed by atoms with Crippen molar-refractivity contribution in [3.63, 3.8) is 0 Å². The van der Waals surface area contributed by atoms with E-state index in [0.29, 0.717) is 29.8 Å². The molecule has 1 aliphatic heterocycles. The minimum atomic E-state index is -2.28. The molecular weight excluding hydrogens is 383 g/mol. The summed E-state index contributed by atoms with van der Waals surface area (Å²) >= 11 is 0. The average Bonchev–Trinajstić information content (AvgIpc) is 3.27. The smallest absolute Gasteiger partial charge is 0.382 e. The van der Waals surface area contributed by atoms with Gasteiger partial charge in [0.15, 0.2) is 18.2 Å². The number of aliphatic hydroxyl groups excluding tert-OH is 1. The van der Waals surface area contributed by atoms with E-state index in [2.05, 4.69) is 19.9 Å². The number of aliphatic hydroxyl groups is 1. The van der Waals surface area contributed by atoms with Gasteiger partial charge in [-0.3, -0.25) is 9.47 Å². The average molecular weight is 411 g/mol.